The summed E-state index contributed by atoms with van der Waals surface area (Å²) in [4.78, 5) is 30.9. The third-order valence-electron chi connectivity index (χ3n) is 5.89. The van der Waals surface area contributed by atoms with Crippen molar-refractivity contribution in [2.45, 2.75) is 12.5 Å². The largest absolute Gasteiger partial charge is 0.491 e. The minimum Gasteiger partial charge on any atom is -0.491 e. The summed E-state index contributed by atoms with van der Waals surface area (Å²) in [6.45, 7) is 1.12. The fourth-order valence-electron chi connectivity index (χ4n) is 4.06. The highest BCUT2D eigenvalue weighted by molar-refractivity contribution is 7.10. The number of anilines is 1. The van der Waals surface area contributed by atoms with E-state index in [1.165, 1.54) is 21.9 Å². The standard InChI is InChI=1S/C26H27ClFN3O4S/c1-34-13-12-30(26(33)29-20-4-2-3-18(27)15-20)16-25(32)31-11-9-24-22(10-14-36-24)23(31)17-35-21-7-5-19(28)6-8-21/h2-8,10,14-15,23H,9,11-13,16-17H2,1H3,(H,29,33)/t23-/m0/s1. The lowest BCUT2D eigenvalue weighted by Gasteiger charge is -2.37. The van der Waals surface area contributed by atoms with Crippen molar-refractivity contribution in [3.05, 3.63) is 81.3 Å². The zero-order valence-corrected chi connectivity index (χ0v) is 21.4. The first kappa shape index (κ1) is 25.9. The van der Waals surface area contributed by atoms with Gasteiger partial charge in [0, 0.05) is 35.8 Å². The van der Waals surface area contributed by atoms with E-state index in [9.17, 15) is 14.0 Å². The van der Waals surface area contributed by atoms with E-state index in [4.69, 9.17) is 21.1 Å². The summed E-state index contributed by atoms with van der Waals surface area (Å²) < 4.78 is 24.4. The molecular formula is C26H27ClFN3O4S. The van der Waals surface area contributed by atoms with Crippen LogP contribution in [0.15, 0.2) is 60.0 Å². The Balaban J connectivity index is 1.48. The Bertz CT molecular complexity index is 1190. The van der Waals surface area contributed by atoms with Crippen molar-refractivity contribution in [3.63, 3.8) is 0 Å². The predicted molar refractivity (Wildman–Crippen MR) is 138 cm³/mol. The number of carbonyl (C=O) groups is 2. The van der Waals surface area contributed by atoms with Crippen molar-refractivity contribution >= 4 is 40.6 Å². The van der Waals surface area contributed by atoms with Crippen LogP contribution in [0.2, 0.25) is 5.02 Å². The van der Waals surface area contributed by atoms with Gasteiger partial charge in [-0.3, -0.25) is 4.79 Å². The number of nitrogens with one attached hydrogen (secondary N) is 1. The molecule has 0 radical (unpaired) electrons. The molecule has 1 aromatic heterocycles. The van der Waals surface area contributed by atoms with Crippen LogP contribution < -0.4 is 10.1 Å². The second kappa shape index (κ2) is 12.2. The van der Waals surface area contributed by atoms with Crippen molar-refractivity contribution in [1.29, 1.82) is 0 Å². The van der Waals surface area contributed by atoms with Crippen molar-refractivity contribution in [1.82, 2.24) is 9.80 Å². The van der Waals surface area contributed by atoms with Crippen molar-refractivity contribution in [2.24, 2.45) is 0 Å². The number of methoxy groups -OCH3 is 1. The number of hydrogen-bond donors (Lipinski definition) is 1. The highest BCUT2D eigenvalue weighted by Crippen LogP contribution is 2.34. The number of nitrogens with zero attached hydrogens (tertiary/aromatic N) is 2. The van der Waals surface area contributed by atoms with Gasteiger partial charge in [-0.1, -0.05) is 17.7 Å². The van der Waals surface area contributed by atoms with E-state index in [1.54, 1.807) is 59.7 Å². The number of urea groups is 1. The second-order valence-corrected chi connectivity index (χ2v) is 9.71. The summed E-state index contributed by atoms with van der Waals surface area (Å²) in [5.41, 5.74) is 1.57. The molecule has 1 aliphatic heterocycles. The first-order valence-electron chi connectivity index (χ1n) is 11.5. The molecule has 0 aliphatic carbocycles. The average molecular weight is 532 g/mol. The van der Waals surface area contributed by atoms with Gasteiger partial charge in [0.2, 0.25) is 5.91 Å². The number of fused-ring (bicyclic) bond motifs is 1. The fourth-order valence-corrected chi connectivity index (χ4v) is 5.18. The van der Waals surface area contributed by atoms with Crippen molar-refractivity contribution in [3.8, 4) is 5.75 Å². The molecule has 1 atom stereocenters. The number of rotatable bonds is 9. The van der Waals surface area contributed by atoms with Gasteiger partial charge in [0.25, 0.3) is 0 Å². The fraction of sp³-hybridized carbons (Fsp3) is 0.308. The molecule has 2 aromatic carbocycles. The maximum Gasteiger partial charge on any atom is 0.322 e. The maximum absolute atomic E-state index is 13.5. The van der Waals surface area contributed by atoms with Gasteiger partial charge in [0.05, 0.1) is 12.6 Å². The van der Waals surface area contributed by atoms with E-state index in [2.05, 4.69) is 5.32 Å². The number of carbonyl (C=O) groups excluding carboxylic acids is 2. The van der Waals surface area contributed by atoms with Gasteiger partial charge < -0.3 is 24.6 Å². The van der Waals surface area contributed by atoms with Crippen LogP contribution in [0, 0.1) is 5.82 Å². The minimum atomic E-state index is -0.421. The first-order valence-corrected chi connectivity index (χ1v) is 12.7. The molecule has 4 rings (SSSR count). The van der Waals surface area contributed by atoms with Crippen molar-refractivity contribution < 1.29 is 23.5 Å². The van der Waals surface area contributed by atoms with E-state index >= 15 is 0 Å². The van der Waals surface area contributed by atoms with Crippen LogP contribution in [-0.4, -0.2) is 61.7 Å². The lowest BCUT2D eigenvalue weighted by atomic mass is 10.0. The lowest BCUT2D eigenvalue weighted by molar-refractivity contribution is -0.135. The predicted octanol–water partition coefficient (Wildman–Crippen LogP) is 5.23. The summed E-state index contributed by atoms with van der Waals surface area (Å²) in [5.74, 6) is -0.0187. The Kier molecular flexibility index (Phi) is 8.79. The average Bonchev–Trinajstić information content (AvgIpc) is 3.35. The zero-order chi connectivity index (χ0) is 25.5. The van der Waals surface area contributed by atoms with E-state index < -0.39 is 6.03 Å². The van der Waals surface area contributed by atoms with Crippen LogP contribution in [0.1, 0.15) is 16.5 Å². The molecule has 3 amide bonds. The van der Waals surface area contributed by atoms with Gasteiger partial charge in [-0.05, 0) is 65.9 Å². The molecule has 190 valence electrons. The van der Waals surface area contributed by atoms with Gasteiger partial charge in [0.15, 0.2) is 0 Å². The van der Waals surface area contributed by atoms with E-state index in [0.717, 1.165) is 12.0 Å². The molecule has 7 nitrogen and oxygen atoms in total. The maximum atomic E-state index is 13.5. The smallest absolute Gasteiger partial charge is 0.322 e. The SMILES string of the molecule is COCCN(CC(=O)N1CCc2sccc2[C@@H]1COc1ccc(F)cc1)C(=O)Nc1cccc(Cl)c1. The Labute approximate surface area is 218 Å². The van der Waals surface area contributed by atoms with Crippen LogP contribution in [0.3, 0.4) is 0 Å². The lowest BCUT2D eigenvalue weighted by Crippen LogP contribution is -2.49. The van der Waals surface area contributed by atoms with Crippen LogP contribution in [0.25, 0.3) is 0 Å². The quantitative estimate of drug-likeness (QED) is 0.410. The molecule has 0 saturated carbocycles. The summed E-state index contributed by atoms with van der Waals surface area (Å²) in [6.07, 6.45) is 0.735. The Morgan fingerprint density at radius 3 is 2.78 bits per heavy atom. The summed E-state index contributed by atoms with van der Waals surface area (Å²) >= 11 is 7.69. The molecular weight excluding hydrogens is 505 g/mol. The molecule has 0 fully saturated rings. The number of hydrogen-bond acceptors (Lipinski definition) is 5. The van der Waals surface area contributed by atoms with Gasteiger partial charge in [0.1, 0.15) is 24.7 Å². The van der Waals surface area contributed by atoms with Crippen LogP contribution in [0.5, 0.6) is 5.75 Å². The summed E-state index contributed by atoms with van der Waals surface area (Å²) in [7, 11) is 1.54. The van der Waals surface area contributed by atoms with Crippen LogP contribution in [-0.2, 0) is 16.0 Å². The van der Waals surface area contributed by atoms with Gasteiger partial charge in [-0.15, -0.1) is 11.3 Å². The monoisotopic (exact) mass is 531 g/mol. The van der Waals surface area contributed by atoms with Crippen molar-refractivity contribution in [2.75, 3.05) is 45.3 Å². The van der Waals surface area contributed by atoms with Gasteiger partial charge >= 0.3 is 6.03 Å². The molecule has 36 heavy (non-hydrogen) atoms. The van der Waals surface area contributed by atoms with Crippen LogP contribution in [0.4, 0.5) is 14.9 Å². The summed E-state index contributed by atoms with van der Waals surface area (Å²) in [6, 6.07) is 13.9. The highest BCUT2D eigenvalue weighted by atomic mass is 35.5. The number of ether oxygens (including phenoxy) is 2. The highest BCUT2D eigenvalue weighted by Gasteiger charge is 2.33. The Morgan fingerprint density at radius 2 is 2.03 bits per heavy atom. The van der Waals surface area contributed by atoms with Gasteiger partial charge in [-0.25, -0.2) is 9.18 Å². The molecule has 0 spiro atoms. The van der Waals surface area contributed by atoms with E-state index in [0.29, 0.717) is 23.0 Å². The molecule has 1 aliphatic rings. The normalized spacial score (nSPS) is 14.8. The molecule has 1 N–H and O–H groups in total. The zero-order valence-electron chi connectivity index (χ0n) is 19.8. The summed E-state index contributed by atoms with van der Waals surface area (Å²) in [5, 5.41) is 5.30. The van der Waals surface area contributed by atoms with E-state index in [1.807, 2.05) is 11.4 Å². The molecule has 0 bridgehead atoms. The Hall–Kier alpha value is -3.14. The minimum absolute atomic E-state index is 0.123. The number of benzene rings is 2. The number of thiophene rings is 1. The first-order chi connectivity index (χ1) is 17.4. The molecule has 3 aromatic rings. The topological polar surface area (TPSA) is 71.1 Å². The van der Waals surface area contributed by atoms with Gasteiger partial charge in [-0.2, -0.15) is 0 Å². The second-order valence-electron chi connectivity index (χ2n) is 8.27. The Morgan fingerprint density at radius 1 is 1.22 bits per heavy atom. The molecule has 0 unspecified atom stereocenters. The number of amides is 3. The molecule has 0 saturated heterocycles. The molecule has 10 heteroatoms. The van der Waals surface area contributed by atoms with Crippen LogP contribution >= 0.6 is 22.9 Å². The third kappa shape index (κ3) is 6.54. The number of halogens is 2. The van der Waals surface area contributed by atoms with E-state index in [-0.39, 0.29) is 44.1 Å². The third-order valence-corrected chi connectivity index (χ3v) is 7.12. The molecule has 2 heterocycles.